The van der Waals surface area contributed by atoms with Gasteiger partial charge in [0.1, 0.15) is 0 Å². The Hall–Kier alpha value is -1.38. The fourth-order valence-corrected chi connectivity index (χ4v) is 2.07. The summed E-state index contributed by atoms with van der Waals surface area (Å²) in [6.07, 6.45) is 5.54. The Morgan fingerprint density at radius 1 is 1.64 bits per heavy atom. The molecule has 2 rings (SSSR count). The highest BCUT2D eigenvalue weighted by atomic mass is 16.1. The van der Waals surface area contributed by atoms with Crippen LogP contribution in [0.4, 0.5) is 5.69 Å². The van der Waals surface area contributed by atoms with Crippen molar-refractivity contribution in [2.45, 2.75) is 25.8 Å². The molecule has 0 amide bonds. The van der Waals surface area contributed by atoms with Crippen LogP contribution in [0, 0.1) is 0 Å². The number of fused-ring (bicyclic) bond motifs is 1. The first-order chi connectivity index (χ1) is 6.70. The maximum absolute atomic E-state index is 11.4. The van der Waals surface area contributed by atoms with Gasteiger partial charge in [0.15, 0.2) is 5.78 Å². The molecule has 3 nitrogen and oxygen atoms in total. The second-order valence-corrected chi connectivity index (χ2v) is 3.78. The number of aryl methyl sites for hydroxylation is 1. The van der Waals surface area contributed by atoms with E-state index in [4.69, 9.17) is 0 Å². The minimum Gasteiger partial charge on any atom is -0.363 e. The fourth-order valence-electron chi connectivity index (χ4n) is 2.07. The van der Waals surface area contributed by atoms with Crippen LogP contribution in [0.1, 0.15) is 18.9 Å². The molecular weight excluding hydrogens is 176 g/mol. The summed E-state index contributed by atoms with van der Waals surface area (Å²) in [4.78, 5) is 17.5. The monoisotopic (exact) mass is 190 g/mol. The molecule has 2 heterocycles. The van der Waals surface area contributed by atoms with Gasteiger partial charge in [-0.15, -0.1) is 0 Å². The van der Waals surface area contributed by atoms with Crippen LogP contribution in [0.3, 0.4) is 0 Å². The summed E-state index contributed by atoms with van der Waals surface area (Å²) in [6, 6.07) is 2.06. The summed E-state index contributed by atoms with van der Waals surface area (Å²) in [7, 11) is 1.96. The van der Waals surface area contributed by atoms with E-state index < -0.39 is 0 Å². The van der Waals surface area contributed by atoms with Crippen LogP contribution < -0.4 is 4.90 Å². The third kappa shape index (κ3) is 1.39. The van der Waals surface area contributed by atoms with E-state index in [9.17, 15) is 4.79 Å². The molecule has 1 aromatic heterocycles. The van der Waals surface area contributed by atoms with Crippen LogP contribution in [0.15, 0.2) is 18.5 Å². The summed E-state index contributed by atoms with van der Waals surface area (Å²) in [5.74, 6) is 0.238. The van der Waals surface area contributed by atoms with E-state index in [0.29, 0.717) is 0 Å². The number of carbonyl (C=O) groups is 1. The van der Waals surface area contributed by atoms with E-state index in [-0.39, 0.29) is 11.8 Å². The van der Waals surface area contributed by atoms with Crippen molar-refractivity contribution in [3.63, 3.8) is 0 Å². The lowest BCUT2D eigenvalue weighted by Crippen LogP contribution is -2.41. The molecule has 0 saturated heterocycles. The molecule has 0 saturated carbocycles. The summed E-state index contributed by atoms with van der Waals surface area (Å²) in [5.41, 5.74) is 2.39. The minimum absolute atomic E-state index is 0.0340. The van der Waals surface area contributed by atoms with Gasteiger partial charge in [0.05, 0.1) is 17.9 Å². The molecule has 14 heavy (non-hydrogen) atoms. The maximum Gasteiger partial charge on any atom is 0.152 e. The van der Waals surface area contributed by atoms with Crippen LogP contribution in [0.2, 0.25) is 0 Å². The number of ketones is 1. The SMILES string of the molecule is CC(=O)C1CCc2ccncc2N1C. The molecule has 1 aromatic rings. The standard InChI is InChI=1S/C11H14N2O/c1-8(14)10-4-3-9-5-6-12-7-11(9)13(10)2/h5-7,10H,3-4H2,1-2H3. The van der Waals surface area contributed by atoms with Gasteiger partial charge >= 0.3 is 0 Å². The average Bonchev–Trinajstić information content (AvgIpc) is 2.18. The highest BCUT2D eigenvalue weighted by Crippen LogP contribution is 2.28. The van der Waals surface area contributed by atoms with Crippen LogP contribution >= 0.6 is 0 Å². The Kier molecular flexibility index (Phi) is 2.23. The van der Waals surface area contributed by atoms with E-state index in [1.54, 1.807) is 13.1 Å². The number of aromatic nitrogens is 1. The Morgan fingerprint density at radius 2 is 2.43 bits per heavy atom. The van der Waals surface area contributed by atoms with Crippen LogP contribution in [0.25, 0.3) is 0 Å². The predicted octanol–water partition coefficient (Wildman–Crippen LogP) is 1.42. The van der Waals surface area contributed by atoms with Gasteiger partial charge in [0.2, 0.25) is 0 Å². The Balaban J connectivity index is 2.36. The molecule has 1 unspecified atom stereocenters. The van der Waals surface area contributed by atoms with Crippen molar-refractivity contribution in [2.24, 2.45) is 0 Å². The summed E-state index contributed by atoms with van der Waals surface area (Å²) in [5, 5.41) is 0. The van der Waals surface area contributed by atoms with E-state index in [1.165, 1.54) is 5.56 Å². The number of pyridine rings is 1. The summed E-state index contributed by atoms with van der Waals surface area (Å²) in [6.45, 7) is 1.66. The molecule has 0 bridgehead atoms. The van der Waals surface area contributed by atoms with Crippen LogP contribution in [0.5, 0.6) is 0 Å². The zero-order valence-corrected chi connectivity index (χ0v) is 8.53. The topological polar surface area (TPSA) is 33.2 Å². The first kappa shape index (κ1) is 9.19. The minimum atomic E-state index is 0.0340. The predicted molar refractivity (Wildman–Crippen MR) is 55.4 cm³/mol. The lowest BCUT2D eigenvalue weighted by molar-refractivity contribution is -0.118. The van der Waals surface area contributed by atoms with Crippen LogP contribution in [-0.2, 0) is 11.2 Å². The van der Waals surface area contributed by atoms with Crippen molar-refractivity contribution < 1.29 is 4.79 Å². The molecule has 0 radical (unpaired) electrons. The largest absolute Gasteiger partial charge is 0.363 e. The van der Waals surface area contributed by atoms with Crippen molar-refractivity contribution in [1.82, 2.24) is 4.98 Å². The fraction of sp³-hybridized carbons (Fsp3) is 0.455. The third-order valence-corrected chi connectivity index (χ3v) is 2.89. The number of rotatable bonds is 1. The van der Waals surface area contributed by atoms with Gasteiger partial charge in [0.25, 0.3) is 0 Å². The van der Waals surface area contributed by atoms with E-state index in [0.717, 1.165) is 18.5 Å². The van der Waals surface area contributed by atoms with Gasteiger partial charge in [-0.2, -0.15) is 0 Å². The second kappa shape index (κ2) is 3.40. The number of anilines is 1. The first-order valence-corrected chi connectivity index (χ1v) is 4.86. The zero-order valence-electron chi connectivity index (χ0n) is 8.53. The van der Waals surface area contributed by atoms with Gasteiger partial charge < -0.3 is 4.90 Å². The molecule has 0 fully saturated rings. The lowest BCUT2D eigenvalue weighted by Gasteiger charge is -2.33. The van der Waals surface area contributed by atoms with Gasteiger partial charge in [-0.1, -0.05) is 0 Å². The Bertz CT molecular complexity index is 362. The van der Waals surface area contributed by atoms with Crippen molar-refractivity contribution >= 4 is 11.5 Å². The number of hydrogen-bond acceptors (Lipinski definition) is 3. The van der Waals surface area contributed by atoms with Crippen molar-refractivity contribution in [3.05, 3.63) is 24.0 Å². The van der Waals surface area contributed by atoms with Crippen molar-refractivity contribution in [2.75, 3.05) is 11.9 Å². The first-order valence-electron chi connectivity index (χ1n) is 4.86. The molecule has 0 spiro atoms. The quantitative estimate of drug-likeness (QED) is 0.671. The average molecular weight is 190 g/mol. The van der Waals surface area contributed by atoms with E-state index in [1.807, 2.05) is 24.2 Å². The molecule has 3 heteroatoms. The van der Waals surface area contributed by atoms with Gasteiger partial charge in [-0.05, 0) is 31.4 Å². The maximum atomic E-state index is 11.4. The van der Waals surface area contributed by atoms with Gasteiger partial charge in [0, 0.05) is 13.2 Å². The summed E-state index contributed by atoms with van der Waals surface area (Å²) >= 11 is 0. The molecule has 0 N–H and O–H groups in total. The second-order valence-electron chi connectivity index (χ2n) is 3.78. The molecule has 1 aliphatic rings. The number of carbonyl (C=O) groups excluding carboxylic acids is 1. The molecule has 74 valence electrons. The lowest BCUT2D eigenvalue weighted by atomic mass is 9.96. The molecule has 1 atom stereocenters. The number of nitrogens with zero attached hydrogens (tertiary/aromatic N) is 2. The number of likely N-dealkylation sites (N-methyl/N-ethyl adjacent to an activating group) is 1. The smallest absolute Gasteiger partial charge is 0.152 e. The Labute approximate surface area is 83.8 Å². The van der Waals surface area contributed by atoms with Crippen molar-refractivity contribution in [3.8, 4) is 0 Å². The highest BCUT2D eigenvalue weighted by molar-refractivity contribution is 5.85. The van der Waals surface area contributed by atoms with E-state index >= 15 is 0 Å². The van der Waals surface area contributed by atoms with Crippen LogP contribution in [-0.4, -0.2) is 23.9 Å². The molecule has 0 aliphatic carbocycles. The molecule has 1 aliphatic heterocycles. The van der Waals surface area contributed by atoms with E-state index in [2.05, 4.69) is 4.98 Å². The van der Waals surface area contributed by atoms with Gasteiger partial charge in [-0.3, -0.25) is 9.78 Å². The molecule has 0 aromatic carbocycles. The van der Waals surface area contributed by atoms with Crippen molar-refractivity contribution in [1.29, 1.82) is 0 Å². The van der Waals surface area contributed by atoms with Gasteiger partial charge in [-0.25, -0.2) is 0 Å². The number of hydrogen-bond donors (Lipinski definition) is 0. The Morgan fingerprint density at radius 3 is 3.14 bits per heavy atom. The summed E-state index contributed by atoms with van der Waals surface area (Å²) < 4.78 is 0. The zero-order chi connectivity index (χ0) is 10.1. The normalized spacial score (nSPS) is 20.4. The highest BCUT2D eigenvalue weighted by Gasteiger charge is 2.26. The number of Topliss-reactive ketones (excluding diaryl/α,β-unsaturated/α-hetero) is 1. The molecular formula is C11H14N2O. The third-order valence-electron chi connectivity index (χ3n) is 2.89.